The smallest absolute Gasteiger partial charge is 0.250 e. The maximum atomic E-state index is 10.9. The summed E-state index contributed by atoms with van der Waals surface area (Å²) in [6.45, 7) is 7.72. The molecule has 0 spiro atoms. The van der Waals surface area contributed by atoms with Gasteiger partial charge in [0.15, 0.2) is 0 Å². The number of aromatic nitrogens is 1. The van der Waals surface area contributed by atoms with Gasteiger partial charge in [-0.3, -0.25) is 4.79 Å². The molecular weight excluding hydrogens is 240 g/mol. The first-order chi connectivity index (χ1) is 9.06. The van der Waals surface area contributed by atoms with E-state index in [4.69, 9.17) is 5.73 Å². The number of likely N-dealkylation sites (tertiary alicyclic amines) is 1. The largest absolute Gasteiger partial charge is 0.370 e. The average molecular weight is 262 g/mol. The van der Waals surface area contributed by atoms with E-state index in [2.05, 4.69) is 29.0 Å². The van der Waals surface area contributed by atoms with Crippen LogP contribution in [0, 0.1) is 5.92 Å². The second-order valence-electron chi connectivity index (χ2n) is 5.42. The summed E-state index contributed by atoms with van der Waals surface area (Å²) in [4.78, 5) is 17.6. The normalized spacial score (nSPS) is 19.8. The summed E-state index contributed by atoms with van der Waals surface area (Å²) in [5.74, 6) is 1.02. The quantitative estimate of drug-likeness (QED) is 0.839. The van der Waals surface area contributed by atoms with Gasteiger partial charge in [0.05, 0.1) is 5.56 Å². The highest BCUT2D eigenvalue weighted by Gasteiger charge is 2.23. The van der Waals surface area contributed by atoms with Crippen LogP contribution in [-0.4, -0.2) is 41.5 Å². The standard InChI is InChI=1S/C14H22N4O/c1-10(2)18-6-5-11(9-18)7-16-13-4-3-12(8-17-13)14(15)19/h3-4,8,10-11H,5-7,9H2,1-2H3,(H2,15,19)(H,16,17). The van der Waals surface area contributed by atoms with Gasteiger partial charge in [-0.1, -0.05) is 0 Å². The van der Waals surface area contributed by atoms with Gasteiger partial charge in [0.1, 0.15) is 5.82 Å². The van der Waals surface area contributed by atoms with Crippen molar-refractivity contribution < 1.29 is 4.79 Å². The number of anilines is 1. The highest BCUT2D eigenvalue weighted by atomic mass is 16.1. The fourth-order valence-corrected chi connectivity index (χ4v) is 2.39. The molecule has 2 rings (SSSR count). The van der Waals surface area contributed by atoms with E-state index in [-0.39, 0.29) is 0 Å². The summed E-state index contributed by atoms with van der Waals surface area (Å²) >= 11 is 0. The average Bonchev–Trinajstić information content (AvgIpc) is 2.86. The first kappa shape index (κ1) is 13.8. The summed E-state index contributed by atoms with van der Waals surface area (Å²) in [6, 6.07) is 4.13. The van der Waals surface area contributed by atoms with E-state index in [9.17, 15) is 4.79 Å². The van der Waals surface area contributed by atoms with Crippen molar-refractivity contribution in [1.29, 1.82) is 0 Å². The Balaban J connectivity index is 1.81. The molecule has 3 N–H and O–H groups in total. The predicted octanol–water partition coefficient (Wildman–Crippen LogP) is 1.32. The monoisotopic (exact) mass is 262 g/mol. The topological polar surface area (TPSA) is 71.2 Å². The molecule has 0 aromatic carbocycles. The Hall–Kier alpha value is -1.62. The lowest BCUT2D eigenvalue weighted by Crippen LogP contribution is -2.29. The Morgan fingerprint density at radius 1 is 1.58 bits per heavy atom. The van der Waals surface area contributed by atoms with E-state index in [0.717, 1.165) is 18.9 Å². The van der Waals surface area contributed by atoms with Gasteiger partial charge in [-0.15, -0.1) is 0 Å². The minimum absolute atomic E-state index is 0.442. The molecule has 1 amide bonds. The van der Waals surface area contributed by atoms with Gasteiger partial charge in [0, 0.05) is 25.3 Å². The second-order valence-corrected chi connectivity index (χ2v) is 5.42. The first-order valence-corrected chi connectivity index (χ1v) is 6.80. The number of hydrogen-bond donors (Lipinski definition) is 2. The number of carbonyl (C=O) groups is 1. The molecule has 2 heterocycles. The molecule has 104 valence electrons. The van der Waals surface area contributed by atoms with Crippen molar-refractivity contribution in [1.82, 2.24) is 9.88 Å². The number of amides is 1. The van der Waals surface area contributed by atoms with Crippen LogP contribution in [0.5, 0.6) is 0 Å². The number of carbonyl (C=O) groups excluding carboxylic acids is 1. The summed E-state index contributed by atoms with van der Waals surface area (Å²) in [6.07, 6.45) is 2.74. The summed E-state index contributed by atoms with van der Waals surface area (Å²) in [5.41, 5.74) is 5.62. The van der Waals surface area contributed by atoms with Crippen molar-refractivity contribution in [3.8, 4) is 0 Å². The van der Waals surface area contributed by atoms with Crippen LogP contribution in [0.4, 0.5) is 5.82 Å². The van der Waals surface area contributed by atoms with Crippen molar-refractivity contribution in [3.05, 3.63) is 23.9 Å². The molecule has 5 nitrogen and oxygen atoms in total. The van der Waals surface area contributed by atoms with Crippen molar-refractivity contribution in [2.24, 2.45) is 11.7 Å². The van der Waals surface area contributed by atoms with Crippen LogP contribution < -0.4 is 11.1 Å². The van der Waals surface area contributed by atoms with Gasteiger partial charge >= 0.3 is 0 Å². The lowest BCUT2D eigenvalue weighted by Gasteiger charge is -2.20. The zero-order valence-corrected chi connectivity index (χ0v) is 11.6. The number of rotatable bonds is 5. The third-order valence-electron chi connectivity index (χ3n) is 3.67. The summed E-state index contributed by atoms with van der Waals surface area (Å²) < 4.78 is 0. The fraction of sp³-hybridized carbons (Fsp3) is 0.571. The molecular formula is C14H22N4O. The van der Waals surface area contributed by atoms with Crippen LogP contribution in [0.25, 0.3) is 0 Å². The van der Waals surface area contributed by atoms with Crippen molar-refractivity contribution in [2.45, 2.75) is 26.3 Å². The molecule has 0 aliphatic carbocycles. The molecule has 0 saturated carbocycles. The van der Waals surface area contributed by atoms with Gasteiger partial charge < -0.3 is 16.0 Å². The Morgan fingerprint density at radius 3 is 2.89 bits per heavy atom. The Labute approximate surface area is 114 Å². The minimum atomic E-state index is -0.442. The predicted molar refractivity (Wildman–Crippen MR) is 76.1 cm³/mol. The van der Waals surface area contributed by atoms with Crippen LogP contribution in [0.2, 0.25) is 0 Å². The van der Waals surface area contributed by atoms with Crippen LogP contribution in [0.15, 0.2) is 18.3 Å². The van der Waals surface area contributed by atoms with Crippen molar-refractivity contribution in [2.75, 3.05) is 25.0 Å². The Kier molecular flexibility index (Phi) is 4.37. The molecule has 19 heavy (non-hydrogen) atoms. The van der Waals surface area contributed by atoms with Crippen LogP contribution in [-0.2, 0) is 0 Å². The van der Waals surface area contributed by atoms with Gasteiger partial charge in [0.2, 0.25) is 5.91 Å². The van der Waals surface area contributed by atoms with E-state index in [1.807, 2.05) is 0 Å². The SMILES string of the molecule is CC(C)N1CCC(CNc2ccc(C(N)=O)cn2)C1. The zero-order valence-electron chi connectivity index (χ0n) is 11.6. The van der Waals surface area contributed by atoms with Gasteiger partial charge in [-0.25, -0.2) is 4.98 Å². The van der Waals surface area contributed by atoms with Crippen LogP contribution >= 0.6 is 0 Å². The lowest BCUT2D eigenvalue weighted by molar-refractivity contribution is 0.1000. The van der Waals surface area contributed by atoms with Gasteiger partial charge in [0.25, 0.3) is 0 Å². The Morgan fingerprint density at radius 2 is 2.37 bits per heavy atom. The lowest BCUT2D eigenvalue weighted by atomic mass is 10.1. The highest BCUT2D eigenvalue weighted by molar-refractivity contribution is 5.92. The molecule has 1 aliphatic rings. The van der Waals surface area contributed by atoms with E-state index < -0.39 is 5.91 Å². The molecule has 0 radical (unpaired) electrons. The molecule has 0 bridgehead atoms. The minimum Gasteiger partial charge on any atom is -0.370 e. The second kappa shape index (κ2) is 6.02. The third kappa shape index (κ3) is 3.67. The summed E-state index contributed by atoms with van der Waals surface area (Å²) in [7, 11) is 0. The van der Waals surface area contributed by atoms with E-state index in [1.165, 1.54) is 19.2 Å². The zero-order chi connectivity index (χ0) is 13.8. The third-order valence-corrected chi connectivity index (χ3v) is 3.67. The molecule has 1 fully saturated rings. The highest BCUT2D eigenvalue weighted by Crippen LogP contribution is 2.18. The van der Waals surface area contributed by atoms with Crippen LogP contribution in [0.3, 0.4) is 0 Å². The van der Waals surface area contributed by atoms with Gasteiger partial charge in [-0.2, -0.15) is 0 Å². The molecule has 5 heteroatoms. The van der Waals surface area contributed by atoms with E-state index >= 15 is 0 Å². The van der Waals surface area contributed by atoms with E-state index in [1.54, 1.807) is 12.1 Å². The fourth-order valence-electron chi connectivity index (χ4n) is 2.39. The maximum Gasteiger partial charge on any atom is 0.250 e. The number of nitrogens with zero attached hydrogens (tertiary/aromatic N) is 2. The molecule has 1 aliphatic heterocycles. The number of hydrogen-bond acceptors (Lipinski definition) is 4. The molecule has 1 atom stereocenters. The number of nitrogens with two attached hydrogens (primary N) is 1. The van der Waals surface area contributed by atoms with E-state index in [0.29, 0.717) is 17.5 Å². The van der Waals surface area contributed by atoms with Crippen molar-refractivity contribution >= 4 is 11.7 Å². The first-order valence-electron chi connectivity index (χ1n) is 6.80. The molecule has 1 aromatic rings. The molecule has 1 saturated heterocycles. The molecule has 1 aromatic heterocycles. The maximum absolute atomic E-state index is 10.9. The van der Waals surface area contributed by atoms with Crippen molar-refractivity contribution in [3.63, 3.8) is 0 Å². The number of nitrogens with one attached hydrogen (secondary N) is 1. The number of primary amides is 1. The Bertz CT molecular complexity index is 430. The molecule has 1 unspecified atom stereocenters. The van der Waals surface area contributed by atoms with Crippen LogP contribution in [0.1, 0.15) is 30.6 Å². The number of pyridine rings is 1. The summed E-state index contributed by atoms with van der Waals surface area (Å²) in [5, 5.41) is 3.32. The van der Waals surface area contributed by atoms with Gasteiger partial charge in [-0.05, 0) is 44.9 Å².